The molecule has 2 atom stereocenters. The number of aromatic nitrogens is 1. The third-order valence-electron chi connectivity index (χ3n) is 4.69. The summed E-state index contributed by atoms with van der Waals surface area (Å²) >= 11 is 1.05. The Morgan fingerprint density at radius 1 is 1.12 bits per heavy atom. The van der Waals surface area contributed by atoms with Crippen molar-refractivity contribution in [2.75, 3.05) is 6.61 Å². The van der Waals surface area contributed by atoms with Crippen molar-refractivity contribution in [3.63, 3.8) is 0 Å². The summed E-state index contributed by atoms with van der Waals surface area (Å²) in [7, 11) is 0. The Hall–Kier alpha value is -3.44. The second-order valence-electron chi connectivity index (χ2n) is 7.29. The molecular formula is C23H26N2O8S. The molecule has 0 aliphatic carbocycles. The zero-order valence-corrected chi connectivity index (χ0v) is 19.3. The quantitative estimate of drug-likeness (QED) is 0.388. The van der Waals surface area contributed by atoms with Gasteiger partial charge in [0.05, 0.1) is 18.3 Å². The standard InChI is InChI=1S/C19H20N2O3S.C4H6O5/c1-2-13-3-6-15(20-12-13)9-10-24-16-7-4-14(5-8-16)11-17-18(22)21-19(23)25-17;5-2(4(8)9)1-3(6)7/h3-8,12,17H,2,9-11H2,1H3,(H,21,22,23);2,5H,1H2,(H,6,7)(H,8,9). The van der Waals surface area contributed by atoms with Crippen molar-refractivity contribution < 1.29 is 39.2 Å². The van der Waals surface area contributed by atoms with E-state index in [-0.39, 0.29) is 16.4 Å². The van der Waals surface area contributed by atoms with Crippen molar-refractivity contribution in [2.45, 2.75) is 44.0 Å². The number of thioether (sulfide) groups is 1. The van der Waals surface area contributed by atoms with Crippen molar-refractivity contribution in [1.29, 1.82) is 0 Å². The van der Waals surface area contributed by atoms with Gasteiger partial charge < -0.3 is 20.1 Å². The van der Waals surface area contributed by atoms with Gasteiger partial charge in [0.2, 0.25) is 5.91 Å². The Balaban J connectivity index is 0.000000387. The van der Waals surface area contributed by atoms with Crippen molar-refractivity contribution in [3.05, 3.63) is 59.4 Å². The van der Waals surface area contributed by atoms with Crippen molar-refractivity contribution in [3.8, 4) is 5.75 Å². The Kier molecular flexibility index (Phi) is 10.5. The van der Waals surface area contributed by atoms with Gasteiger partial charge in [0, 0.05) is 18.3 Å². The number of amides is 2. The Labute approximate surface area is 200 Å². The van der Waals surface area contributed by atoms with Gasteiger partial charge in [0.15, 0.2) is 6.10 Å². The lowest BCUT2D eigenvalue weighted by atomic mass is 10.1. The van der Waals surface area contributed by atoms with E-state index in [0.717, 1.165) is 41.6 Å². The number of hydrogen-bond acceptors (Lipinski definition) is 8. The summed E-state index contributed by atoms with van der Waals surface area (Å²) in [6, 6.07) is 11.8. The number of ether oxygens (including phenoxy) is 1. The predicted octanol–water partition coefficient (Wildman–Crippen LogP) is 2.07. The summed E-state index contributed by atoms with van der Waals surface area (Å²) in [5.74, 6) is -2.27. The molecular weight excluding hydrogens is 464 g/mol. The second kappa shape index (κ2) is 13.3. The van der Waals surface area contributed by atoms with E-state index in [0.29, 0.717) is 13.0 Å². The molecule has 1 saturated heterocycles. The van der Waals surface area contributed by atoms with Crippen molar-refractivity contribution in [1.82, 2.24) is 10.3 Å². The first-order valence-electron chi connectivity index (χ1n) is 10.5. The molecule has 0 radical (unpaired) electrons. The zero-order valence-electron chi connectivity index (χ0n) is 18.5. The van der Waals surface area contributed by atoms with Gasteiger partial charge in [-0.2, -0.15) is 0 Å². The molecule has 1 aliphatic heterocycles. The summed E-state index contributed by atoms with van der Waals surface area (Å²) < 4.78 is 5.75. The lowest BCUT2D eigenvalue weighted by Gasteiger charge is -2.09. The smallest absolute Gasteiger partial charge is 0.333 e. The number of nitrogens with one attached hydrogen (secondary N) is 1. The molecule has 34 heavy (non-hydrogen) atoms. The lowest BCUT2D eigenvalue weighted by Crippen LogP contribution is -2.25. The maximum atomic E-state index is 11.6. The van der Waals surface area contributed by atoms with E-state index in [9.17, 15) is 19.2 Å². The third kappa shape index (κ3) is 9.20. The number of hydrogen-bond donors (Lipinski definition) is 4. The van der Waals surface area contributed by atoms with Crippen LogP contribution in [-0.4, -0.2) is 61.3 Å². The number of carbonyl (C=O) groups is 4. The molecule has 4 N–H and O–H groups in total. The van der Waals surface area contributed by atoms with E-state index in [1.165, 1.54) is 5.56 Å². The van der Waals surface area contributed by atoms with Crippen LogP contribution >= 0.6 is 11.8 Å². The number of carboxylic acid groups (broad SMARTS) is 2. The molecule has 1 aromatic heterocycles. The van der Waals surface area contributed by atoms with Crippen LogP contribution in [0.4, 0.5) is 4.79 Å². The highest BCUT2D eigenvalue weighted by atomic mass is 32.2. The Bertz CT molecular complexity index is 995. The van der Waals surface area contributed by atoms with Crippen LogP contribution in [0.1, 0.15) is 30.2 Å². The molecule has 11 heteroatoms. The fourth-order valence-electron chi connectivity index (χ4n) is 2.80. The van der Waals surface area contributed by atoms with Crippen LogP contribution in [0.3, 0.4) is 0 Å². The SMILES string of the molecule is CCc1ccc(CCOc2ccc(CC3SC(=O)NC3=O)cc2)nc1.O=C(O)CC(O)C(=O)O. The molecule has 182 valence electrons. The summed E-state index contributed by atoms with van der Waals surface area (Å²) in [6.45, 7) is 2.67. The molecule has 2 heterocycles. The molecule has 10 nitrogen and oxygen atoms in total. The minimum atomic E-state index is -1.79. The Morgan fingerprint density at radius 2 is 1.79 bits per heavy atom. The van der Waals surface area contributed by atoms with Crippen LogP contribution < -0.4 is 10.1 Å². The van der Waals surface area contributed by atoms with Crippen LogP contribution in [0, 0.1) is 0 Å². The predicted molar refractivity (Wildman–Crippen MR) is 124 cm³/mol. The minimum Gasteiger partial charge on any atom is -0.493 e. The highest BCUT2D eigenvalue weighted by Gasteiger charge is 2.31. The molecule has 0 saturated carbocycles. The third-order valence-corrected chi connectivity index (χ3v) is 5.67. The normalized spacial score (nSPS) is 15.6. The maximum Gasteiger partial charge on any atom is 0.333 e. The highest BCUT2D eigenvalue weighted by molar-refractivity contribution is 8.15. The fourth-order valence-corrected chi connectivity index (χ4v) is 3.66. The number of carbonyl (C=O) groups excluding carboxylic acids is 2. The monoisotopic (exact) mass is 490 g/mol. The first-order valence-corrected chi connectivity index (χ1v) is 11.4. The number of rotatable bonds is 10. The van der Waals surface area contributed by atoms with Gasteiger partial charge in [-0.1, -0.05) is 36.9 Å². The second-order valence-corrected chi connectivity index (χ2v) is 8.47. The van der Waals surface area contributed by atoms with Gasteiger partial charge >= 0.3 is 11.9 Å². The number of aliphatic hydroxyl groups excluding tert-OH is 1. The van der Waals surface area contributed by atoms with E-state index >= 15 is 0 Å². The van der Waals surface area contributed by atoms with Gasteiger partial charge in [-0.3, -0.25) is 24.7 Å². The molecule has 2 unspecified atom stereocenters. The molecule has 3 rings (SSSR count). The molecule has 2 aromatic rings. The van der Waals surface area contributed by atoms with Crippen LogP contribution in [-0.2, 0) is 33.6 Å². The molecule has 2 amide bonds. The number of aliphatic hydroxyl groups is 1. The molecule has 1 fully saturated rings. The van der Waals surface area contributed by atoms with E-state index in [1.54, 1.807) is 0 Å². The van der Waals surface area contributed by atoms with Crippen LogP contribution in [0.15, 0.2) is 42.6 Å². The number of pyridine rings is 1. The van der Waals surface area contributed by atoms with E-state index < -0.39 is 24.5 Å². The van der Waals surface area contributed by atoms with Gasteiger partial charge in [-0.25, -0.2) is 4.79 Å². The number of imide groups is 1. The largest absolute Gasteiger partial charge is 0.493 e. The zero-order chi connectivity index (χ0) is 25.1. The lowest BCUT2D eigenvalue weighted by molar-refractivity contribution is -0.152. The van der Waals surface area contributed by atoms with Crippen LogP contribution in [0.5, 0.6) is 5.75 Å². The summed E-state index contributed by atoms with van der Waals surface area (Å²) in [5, 5.41) is 25.8. The van der Waals surface area contributed by atoms with Crippen molar-refractivity contribution >= 4 is 34.8 Å². The molecule has 0 spiro atoms. The van der Waals surface area contributed by atoms with Crippen LogP contribution in [0.25, 0.3) is 0 Å². The van der Waals surface area contributed by atoms with Gasteiger partial charge in [0.1, 0.15) is 5.75 Å². The first-order chi connectivity index (χ1) is 16.2. The van der Waals surface area contributed by atoms with E-state index in [2.05, 4.69) is 23.3 Å². The van der Waals surface area contributed by atoms with Crippen molar-refractivity contribution in [2.24, 2.45) is 0 Å². The minimum absolute atomic E-state index is 0.211. The molecule has 0 bridgehead atoms. The summed E-state index contributed by atoms with van der Waals surface area (Å²) in [4.78, 5) is 46.6. The van der Waals surface area contributed by atoms with Gasteiger partial charge in [0.25, 0.3) is 5.24 Å². The van der Waals surface area contributed by atoms with E-state index in [4.69, 9.17) is 20.1 Å². The number of aryl methyl sites for hydroxylation is 1. The maximum absolute atomic E-state index is 11.6. The molecule has 1 aliphatic rings. The topological polar surface area (TPSA) is 163 Å². The van der Waals surface area contributed by atoms with Gasteiger partial charge in [-0.15, -0.1) is 0 Å². The average Bonchev–Trinajstić information content (AvgIpc) is 3.11. The number of nitrogens with zero attached hydrogens (tertiary/aromatic N) is 1. The average molecular weight is 491 g/mol. The summed E-state index contributed by atoms with van der Waals surface area (Å²) in [6.07, 6.45) is 1.65. The highest BCUT2D eigenvalue weighted by Crippen LogP contribution is 2.23. The first kappa shape index (κ1) is 26.8. The van der Waals surface area contributed by atoms with E-state index in [1.807, 2.05) is 36.5 Å². The molecule has 1 aromatic carbocycles. The van der Waals surface area contributed by atoms with Crippen LogP contribution in [0.2, 0.25) is 0 Å². The fraction of sp³-hybridized carbons (Fsp3) is 0.348. The van der Waals surface area contributed by atoms with Gasteiger partial charge in [-0.05, 0) is 42.2 Å². The summed E-state index contributed by atoms with van der Waals surface area (Å²) in [5.41, 5.74) is 3.25. The Morgan fingerprint density at radius 3 is 2.26 bits per heavy atom. The number of benzene rings is 1. The number of carboxylic acids is 2. The number of aliphatic carboxylic acids is 2.